The number of nitrogens with zero attached hydrogens (tertiary/aromatic N) is 2. The van der Waals surface area contributed by atoms with Gasteiger partial charge < -0.3 is 10.2 Å². The zero-order valence-corrected chi connectivity index (χ0v) is 19.3. The predicted molar refractivity (Wildman–Crippen MR) is 128 cm³/mol. The number of anilines is 1. The molecule has 0 fully saturated rings. The normalized spacial score (nSPS) is 17.6. The van der Waals surface area contributed by atoms with E-state index in [0.717, 1.165) is 36.1 Å². The number of hydrogen-bond acceptors (Lipinski definition) is 3. The van der Waals surface area contributed by atoms with E-state index in [1.54, 1.807) is 6.08 Å². The maximum Gasteiger partial charge on any atom is 0.262 e. The summed E-state index contributed by atoms with van der Waals surface area (Å²) in [5, 5.41) is 12.5. The first-order valence-electron chi connectivity index (χ1n) is 11.1. The van der Waals surface area contributed by atoms with E-state index < -0.39 is 0 Å². The van der Waals surface area contributed by atoms with Gasteiger partial charge in [0.05, 0.1) is 0 Å². The fourth-order valence-electron chi connectivity index (χ4n) is 4.63. The first-order valence-corrected chi connectivity index (χ1v) is 11.1. The van der Waals surface area contributed by atoms with Gasteiger partial charge in [-0.1, -0.05) is 44.2 Å². The summed E-state index contributed by atoms with van der Waals surface area (Å²) in [7, 11) is 0. The van der Waals surface area contributed by atoms with Crippen molar-refractivity contribution in [2.75, 3.05) is 11.4 Å². The standard InChI is InChI=1S/C27H33N3O/c1-6-12-30-25-13-19(2)22(15-24(25)20(3)16-27(30,4)5)14-23(17-28)26(31)29-18-21-10-8-7-9-11-21/h7-11,13-15,20H,6,12,16,18H2,1-5H3,(H,29,31)/b23-14+. The van der Waals surface area contributed by atoms with Gasteiger partial charge in [-0.3, -0.25) is 4.79 Å². The van der Waals surface area contributed by atoms with E-state index in [4.69, 9.17) is 0 Å². The third-order valence-corrected chi connectivity index (χ3v) is 6.18. The minimum Gasteiger partial charge on any atom is -0.366 e. The van der Waals surface area contributed by atoms with Gasteiger partial charge in [-0.25, -0.2) is 0 Å². The molecule has 1 heterocycles. The van der Waals surface area contributed by atoms with E-state index >= 15 is 0 Å². The first kappa shape index (κ1) is 22.6. The van der Waals surface area contributed by atoms with Crippen molar-refractivity contribution < 1.29 is 4.79 Å². The van der Waals surface area contributed by atoms with E-state index in [-0.39, 0.29) is 17.0 Å². The van der Waals surface area contributed by atoms with Crippen LogP contribution in [0.4, 0.5) is 5.69 Å². The molecule has 4 nitrogen and oxygen atoms in total. The SMILES string of the molecule is CCCN1c2cc(C)c(/C=C(\C#N)C(=O)NCc3ccccc3)cc2C(C)CC1(C)C. The van der Waals surface area contributed by atoms with Crippen LogP contribution in [0.1, 0.15) is 68.7 Å². The molecular formula is C27H33N3O. The molecular weight excluding hydrogens is 382 g/mol. The number of amides is 1. The summed E-state index contributed by atoms with van der Waals surface area (Å²) in [6, 6.07) is 16.2. The largest absolute Gasteiger partial charge is 0.366 e. The highest BCUT2D eigenvalue weighted by atomic mass is 16.1. The van der Waals surface area contributed by atoms with Gasteiger partial charge in [0.25, 0.3) is 5.91 Å². The molecule has 1 N–H and O–H groups in total. The zero-order chi connectivity index (χ0) is 22.6. The molecule has 1 atom stereocenters. The number of hydrogen-bond donors (Lipinski definition) is 1. The lowest BCUT2D eigenvalue weighted by molar-refractivity contribution is -0.117. The molecule has 31 heavy (non-hydrogen) atoms. The van der Waals surface area contributed by atoms with Crippen molar-refractivity contribution in [2.45, 2.75) is 65.5 Å². The minimum absolute atomic E-state index is 0.112. The van der Waals surface area contributed by atoms with Crippen LogP contribution in [-0.2, 0) is 11.3 Å². The van der Waals surface area contributed by atoms with Crippen molar-refractivity contribution in [3.05, 3.63) is 70.3 Å². The Morgan fingerprint density at radius 2 is 2.00 bits per heavy atom. The van der Waals surface area contributed by atoms with Gasteiger partial charge in [0, 0.05) is 24.3 Å². The average molecular weight is 416 g/mol. The second-order valence-electron chi connectivity index (χ2n) is 9.17. The Bertz CT molecular complexity index is 1010. The number of nitriles is 1. The van der Waals surface area contributed by atoms with Gasteiger partial charge in [-0.05, 0) is 80.0 Å². The Labute approximate surface area is 186 Å². The Kier molecular flexibility index (Phi) is 6.85. The number of nitrogens with one attached hydrogen (secondary N) is 1. The number of fused-ring (bicyclic) bond motifs is 1. The molecule has 1 amide bonds. The first-order chi connectivity index (χ1) is 14.8. The smallest absolute Gasteiger partial charge is 0.262 e. The van der Waals surface area contributed by atoms with Crippen molar-refractivity contribution in [1.29, 1.82) is 5.26 Å². The van der Waals surface area contributed by atoms with Gasteiger partial charge in [-0.2, -0.15) is 5.26 Å². The van der Waals surface area contributed by atoms with E-state index in [2.05, 4.69) is 63.0 Å². The van der Waals surface area contributed by atoms with Crippen LogP contribution in [0.15, 0.2) is 48.0 Å². The summed E-state index contributed by atoms with van der Waals surface area (Å²) in [6.45, 7) is 12.6. The monoisotopic (exact) mass is 415 g/mol. The fraction of sp³-hybridized carbons (Fsp3) is 0.407. The molecule has 0 saturated heterocycles. The van der Waals surface area contributed by atoms with Crippen molar-refractivity contribution in [1.82, 2.24) is 5.32 Å². The van der Waals surface area contributed by atoms with Crippen LogP contribution in [0.25, 0.3) is 6.08 Å². The summed E-state index contributed by atoms with van der Waals surface area (Å²) < 4.78 is 0. The summed E-state index contributed by atoms with van der Waals surface area (Å²) in [4.78, 5) is 15.1. The maximum atomic E-state index is 12.6. The topological polar surface area (TPSA) is 56.1 Å². The second-order valence-corrected chi connectivity index (χ2v) is 9.17. The zero-order valence-electron chi connectivity index (χ0n) is 19.3. The van der Waals surface area contributed by atoms with Crippen LogP contribution in [0.5, 0.6) is 0 Å². The Morgan fingerprint density at radius 1 is 1.29 bits per heavy atom. The molecule has 0 aliphatic carbocycles. The van der Waals surface area contributed by atoms with Crippen molar-refractivity contribution in [3.8, 4) is 6.07 Å². The molecule has 2 aromatic rings. The lowest BCUT2D eigenvalue weighted by Gasteiger charge is -2.48. The summed E-state index contributed by atoms with van der Waals surface area (Å²) >= 11 is 0. The maximum absolute atomic E-state index is 12.6. The molecule has 162 valence electrons. The lowest BCUT2D eigenvalue weighted by atomic mass is 9.78. The molecule has 1 unspecified atom stereocenters. The molecule has 0 spiro atoms. The fourth-order valence-corrected chi connectivity index (χ4v) is 4.63. The molecule has 0 saturated carbocycles. The van der Waals surface area contributed by atoms with Gasteiger partial charge in [-0.15, -0.1) is 0 Å². The quantitative estimate of drug-likeness (QED) is 0.485. The molecule has 1 aliphatic heterocycles. The number of benzene rings is 2. The van der Waals surface area contributed by atoms with Crippen LogP contribution >= 0.6 is 0 Å². The van der Waals surface area contributed by atoms with E-state index in [0.29, 0.717) is 12.5 Å². The van der Waals surface area contributed by atoms with Crippen LogP contribution in [-0.4, -0.2) is 18.0 Å². The molecule has 4 heteroatoms. The molecule has 2 aromatic carbocycles. The third-order valence-electron chi connectivity index (χ3n) is 6.18. The van der Waals surface area contributed by atoms with E-state index in [9.17, 15) is 10.1 Å². The summed E-state index contributed by atoms with van der Waals surface area (Å²) in [6.07, 6.45) is 3.90. The minimum atomic E-state index is -0.342. The van der Waals surface area contributed by atoms with Crippen molar-refractivity contribution in [3.63, 3.8) is 0 Å². The van der Waals surface area contributed by atoms with Gasteiger partial charge in [0.15, 0.2) is 0 Å². The Hall–Kier alpha value is -3.06. The summed E-state index contributed by atoms with van der Waals surface area (Å²) in [5.74, 6) is 0.0774. The summed E-state index contributed by atoms with van der Waals surface area (Å²) in [5.41, 5.74) is 5.85. The van der Waals surface area contributed by atoms with Crippen molar-refractivity contribution in [2.24, 2.45) is 0 Å². The van der Waals surface area contributed by atoms with Gasteiger partial charge in [0.1, 0.15) is 11.6 Å². The van der Waals surface area contributed by atoms with E-state index in [1.807, 2.05) is 30.3 Å². The van der Waals surface area contributed by atoms with Crippen LogP contribution in [0.3, 0.4) is 0 Å². The molecule has 3 rings (SSSR count). The van der Waals surface area contributed by atoms with Gasteiger partial charge >= 0.3 is 0 Å². The number of aryl methyl sites for hydroxylation is 1. The van der Waals surface area contributed by atoms with Crippen molar-refractivity contribution >= 4 is 17.7 Å². The Morgan fingerprint density at radius 3 is 2.65 bits per heavy atom. The molecule has 0 radical (unpaired) electrons. The number of carbonyl (C=O) groups is 1. The number of carbonyl (C=O) groups excluding carboxylic acids is 1. The third kappa shape index (κ3) is 4.99. The molecule has 0 aromatic heterocycles. The van der Waals surface area contributed by atoms with Crippen LogP contribution in [0, 0.1) is 18.3 Å². The number of rotatable bonds is 6. The molecule has 1 aliphatic rings. The van der Waals surface area contributed by atoms with Crippen LogP contribution in [0.2, 0.25) is 0 Å². The highest BCUT2D eigenvalue weighted by Crippen LogP contribution is 2.44. The Balaban J connectivity index is 1.90. The lowest BCUT2D eigenvalue weighted by Crippen LogP contribution is -2.48. The second kappa shape index (κ2) is 9.39. The highest BCUT2D eigenvalue weighted by Gasteiger charge is 2.36. The predicted octanol–water partition coefficient (Wildman–Crippen LogP) is 5.72. The highest BCUT2D eigenvalue weighted by molar-refractivity contribution is 6.01. The van der Waals surface area contributed by atoms with Gasteiger partial charge in [0.2, 0.25) is 0 Å². The van der Waals surface area contributed by atoms with Crippen LogP contribution < -0.4 is 10.2 Å². The molecule has 0 bridgehead atoms. The van der Waals surface area contributed by atoms with E-state index in [1.165, 1.54) is 11.3 Å². The average Bonchev–Trinajstić information content (AvgIpc) is 2.74.